The molecule has 1 amide bonds. The Morgan fingerprint density at radius 2 is 1.67 bits per heavy atom. The molecule has 0 unspecified atom stereocenters. The third-order valence-electron chi connectivity index (χ3n) is 8.14. The van der Waals surface area contributed by atoms with Crippen LogP contribution in [0.15, 0.2) is 85.4 Å². The van der Waals surface area contributed by atoms with Gasteiger partial charge < -0.3 is 19.1 Å². The second-order valence-electron chi connectivity index (χ2n) is 9.61. The first-order chi connectivity index (χ1) is 17.5. The predicted octanol–water partition coefficient (Wildman–Crippen LogP) is 4.35. The second-order valence-corrected chi connectivity index (χ2v) is 9.61. The molecule has 0 N–H and O–H groups in total. The molecular formula is C30H27NO5. The first-order valence-electron chi connectivity index (χ1n) is 12.0. The molecule has 36 heavy (non-hydrogen) atoms. The first kappa shape index (κ1) is 22.6. The molecule has 0 radical (unpaired) electrons. The maximum absolute atomic E-state index is 13.8. The summed E-state index contributed by atoms with van der Waals surface area (Å²) in [4.78, 5) is 29.4. The molecule has 2 saturated heterocycles. The zero-order chi connectivity index (χ0) is 25.1. The van der Waals surface area contributed by atoms with E-state index in [1.807, 2.05) is 66.7 Å². The van der Waals surface area contributed by atoms with Crippen molar-refractivity contribution in [1.82, 2.24) is 4.90 Å². The Kier molecular flexibility index (Phi) is 5.05. The molecule has 6 heteroatoms. The third kappa shape index (κ3) is 2.70. The number of carbonyl (C=O) groups is 2. The number of benzene rings is 3. The predicted molar refractivity (Wildman–Crippen MR) is 134 cm³/mol. The van der Waals surface area contributed by atoms with Gasteiger partial charge in [0.15, 0.2) is 0 Å². The van der Waals surface area contributed by atoms with Crippen LogP contribution in [0, 0.1) is 11.3 Å². The number of ether oxygens (including phenoxy) is 3. The molecule has 2 fully saturated rings. The number of hydrogen-bond acceptors (Lipinski definition) is 5. The van der Waals surface area contributed by atoms with E-state index < -0.39 is 11.0 Å². The van der Waals surface area contributed by atoms with Crippen LogP contribution >= 0.6 is 0 Å². The highest BCUT2D eigenvalue weighted by Gasteiger charge is 2.78. The van der Waals surface area contributed by atoms with Gasteiger partial charge in [0.25, 0.3) is 5.91 Å². The van der Waals surface area contributed by atoms with Crippen molar-refractivity contribution in [3.8, 4) is 5.75 Å². The Hall–Kier alpha value is -3.90. The fraction of sp³-hybridized carbons (Fsp3) is 0.267. The van der Waals surface area contributed by atoms with Crippen LogP contribution in [-0.4, -0.2) is 44.1 Å². The van der Waals surface area contributed by atoms with Gasteiger partial charge in [-0.2, -0.15) is 0 Å². The first-order valence-corrected chi connectivity index (χ1v) is 12.0. The van der Waals surface area contributed by atoms with E-state index in [4.69, 9.17) is 14.2 Å². The summed E-state index contributed by atoms with van der Waals surface area (Å²) in [5.41, 5.74) is 1.70. The van der Waals surface area contributed by atoms with E-state index in [0.717, 1.165) is 16.7 Å². The van der Waals surface area contributed by atoms with Gasteiger partial charge in [0.05, 0.1) is 20.3 Å². The molecule has 3 aliphatic rings. The maximum Gasteiger partial charge on any atom is 0.317 e. The number of methoxy groups -OCH3 is 2. The lowest BCUT2D eigenvalue weighted by molar-refractivity contribution is -0.163. The van der Waals surface area contributed by atoms with Crippen molar-refractivity contribution in [2.45, 2.75) is 11.7 Å². The Morgan fingerprint density at radius 1 is 0.972 bits per heavy atom. The van der Waals surface area contributed by atoms with Crippen molar-refractivity contribution >= 4 is 17.4 Å². The monoisotopic (exact) mass is 481 g/mol. The van der Waals surface area contributed by atoms with Crippen molar-refractivity contribution in [3.63, 3.8) is 0 Å². The van der Waals surface area contributed by atoms with Crippen molar-refractivity contribution in [2.75, 3.05) is 27.3 Å². The van der Waals surface area contributed by atoms with E-state index in [0.29, 0.717) is 23.4 Å². The Bertz CT molecular complexity index is 1380. The van der Waals surface area contributed by atoms with Crippen LogP contribution in [0.1, 0.15) is 28.4 Å². The van der Waals surface area contributed by atoms with Gasteiger partial charge in [-0.3, -0.25) is 9.59 Å². The van der Waals surface area contributed by atoms with Gasteiger partial charge in [-0.15, -0.1) is 0 Å². The number of hydrogen-bond donors (Lipinski definition) is 0. The molecule has 6 nitrogen and oxygen atoms in total. The van der Waals surface area contributed by atoms with Crippen LogP contribution in [0.5, 0.6) is 5.75 Å². The quantitative estimate of drug-likeness (QED) is 0.400. The summed E-state index contributed by atoms with van der Waals surface area (Å²) in [5, 5.41) is 0. The summed E-state index contributed by atoms with van der Waals surface area (Å²) < 4.78 is 17.8. The van der Waals surface area contributed by atoms with Crippen molar-refractivity contribution in [2.24, 2.45) is 11.3 Å². The smallest absolute Gasteiger partial charge is 0.317 e. The summed E-state index contributed by atoms with van der Waals surface area (Å²) in [7, 11) is 2.97. The zero-order valence-corrected chi connectivity index (χ0v) is 20.3. The van der Waals surface area contributed by atoms with Crippen LogP contribution in [-0.2, 0) is 24.7 Å². The fourth-order valence-corrected chi connectivity index (χ4v) is 6.68. The minimum Gasteiger partial charge on any atom is -0.496 e. The summed E-state index contributed by atoms with van der Waals surface area (Å²) in [6.45, 7) is 4.63. The average Bonchev–Trinajstić information content (AvgIpc) is 3.59. The van der Waals surface area contributed by atoms with Crippen LogP contribution < -0.4 is 4.74 Å². The van der Waals surface area contributed by atoms with Gasteiger partial charge in [-0.05, 0) is 22.8 Å². The lowest BCUT2D eigenvalue weighted by atomic mass is 9.57. The van der Waals surface area contributed by atoms with E-state index in [1.54, 1.807) is 18.1 Å². The number of rotatable bonds is 5. The lowest BCUT2D eigenvalue weighted by Crippen LogP contribution is -2.54. The number of amides is 1. The number of para-hydroxylation sites is 1. The van der Waals surface area contributed by atoms with Gasteiger partial charge in [-0.1, -0.05) is 79.4 Å². The molecule has 0 spiro atoms. The minimum absolute atomic E-state index is 0.164. The number of esters is 1. The average molecular weight is 482 g/mol. The molecule has 3 aromatic rings. The molecule has 3 heterocycles. The second kappa shape index (κ2) is 8.07. The molecule has 4 atom stereocenters. The van der Waals surface area contributed by atoms with E-state index in [1.165, 1.54) is 7.11 Å². The summed E-state index contributed by atoms with van der Waals surface area (Å²) in [6.07, 6.45) is -0.335. The van der Waals surface area contributed by atoms with E-state index >= 15 is 0 Å². The number of likely N-dealkylation sites (tertiary alicyclic amines) is 1. The summed E-state index contributed by atoms with van der Waals surface area (Å²) in [6, 6.07) is 25.2. The van der Waals surface area contributed by atoms with Crippen LogP contribution in [0.2, 0.25) is 0 Å². The molecule has 3 aliphatic heterocycles. The number of carbonyl (C=O) groups excluding carboxylic acids is 2. The Balaban J connectivity index is 1.49. The van der Waals surface area contributed by atoms with Gasteiger partial charge in [0.1, 0.15) is 16.8 Å². The summed E-state index contributed by atoms with van der Waals surface area (Å²) >= 11 is 0. The van der Waals surface area contributed by atoms with Gasteiger partial charge >= 0.3 is 5.97 Å². The van der Waals surface area contributed by atoms with Gasteiger partial charge in [0.2, 0.25) is 0 Å². The Labute approximate surface area is 210 Å². The van der Waals surface area contributed by atoms with Crippen LogP contribution in [0.3, 0.4) is 0 Å². The molecule has 6 rings (SSSR count). The van der Waals surface area contributed by atoms with Gasteiger partial charge in [0, 0.05) is 30.1 Å². The lowest BCUT2D eigenvalue weighted by Gasteiger charge is -2.43. The van der Waals surface area contributed by atoms with Crippen molar-refractivity contribution < 1.29 is 23.8 Å². The van der Waals surface area contributed by atoms with E-state index in [-0.39, 0.29) is 30.4 Å². The highest BCUT2D eigenvalue weighted by molar-refractivity contribution is 6.19. The minimum atomic E-state index is -1.10. The molecule has 182 valence electrons. The van der Waals surface area contributed by atoms with Crippen molar-refractivity contribution in [3.05, 3.63) is 108 Å². The fourth-order valence-electron chi connectivity index (χ4n) is 6.68. The Morgan fingerprint density at radius 3 is 2.42 bits per heavy atom. The normalized spacial score (nSPS) is 27.3. The summed E-state index contributed by atoms with van der Waals surface area (Å²) in [5.74, 6) is -0.292. The largest absolute Gasteiger partial charge is 0.496 e. The highest BCUT2D eigenvalue weighted by atomic mass is 16.6. The van der Waals surface area contributed by atoms with E-state index in [9.17, 15) is 9.59 Å². The third-order valence-corrected chi connectivity index (χ3v) is 8.14. The molecule has 0 saturated carbocycles. The molecular weight excluding hydrogens is 454 g/mol. The SMILES string of the molecule is C=C(C(=O)N1C[C@H]2[C@H]3O[C@](c4ccccc4)(c4ccccc43)[C@@]2(C(=O)OC)C1)c1ccccc1OC. The zero-order valence-electron chi connectivity index (χ0n) is 20.3. The molecule has 2 bridgehead atoms. The molecule has 0 aromatic heterocycles. The van der Waals surface area contributed by atoms with E-state index in [2.05, 4.69) is 12.6 Å². The maximum atomic E-state index is 13.8. The van der Waals surface area contributed by atoms with Crippen LogP contribution in [0.4, 0.5) is 0 Å². The van der Waals surface area contributed by atoms with Gasteiger partial charge in [-0.25, -0.2) is 0 Å². The molecule has 0 aliphatic carbocycles. The molecule has 3 aromatic carbocycles. The number of fused-ring (bicyclic) bond motifs is 8. The van der Waals surface area contributed by atoms with Crippen molar-refractivity contribution in [1.29, 1.82) is 0 Å². The topological polar surface area (TPSA) is 65.1 Å². The van der Waals surface area contributed by atoms with Crippen LogP contribution in [0.25, 0.3) is 5.57 Å². The standard InChI is InChI=1S/C30H27NO5/c1-19(21-13-8-10-16-25(21)34-2)27(32)31-17-24-26-22-14-7-9-15-23(22)30(36-26,20-11-5-4-6-12-20)29(24,18-31)28(33)35-3/h4-16,24,26H,1,17-18H2,2-3H3/t24-,26-,29-,30+/m0/s1. The number of nitrogens with zero attached hydrogens (tertiary/aromatic N) is 1. The highest BCUT2D eigenvalue weighted by Crippen LogP contribution is 2.71.